The number of rotatable bonds is 9. The number of hydrogen-bond acceptors (Lipinski definition) is 12. The average molecular weight is 882 g/mol. The third-order valence-electron chi connectivity index (χ3n) is 7.12. The molecule has 0 saturated carbocycles. The molecule has 2 aromatic carbocycles. The summed E-state index contributed by atoms with van der Waals surface area (Å²) in [6.07, 6.45) is 1.36. The Hall–Kier alpha value is -4.25. The number of benzene rings is 2. The van der Waals surface area contributed by atoms with Crippen molar-refractivity contribution in [3.05, 3.63) is 72.9 Å². The second-order valence-electron chi connectivity index (χ2n) is 11.8. The van der Waals surface area contributed by atoms with Crippen molar-refractivity contribution in [3.8, 4) is 23.0 Å². The highest BCUT2D eigenvalue weighted by Crippen LogP contribution is 2.47. The number of anilines is 3. The number of halogens is 6. The second kappa shape index (κ2) is 19.6. The van der Waals surface area contributed by atoms with Gasteiger partial charge in [-0.05, 0) is 20.8 Å². The Morgan fingerprint density at radius 1 is 0.618 bits per heavy atom. The molecule has 0 fully saturated rings. The molecule has 15 nitrogen and oxygen atoms in total. The summed E-state index contributed by atoms with van der Waals surface area (Å²) >= 11 is 37.2. The molecule has 2 aromatic heterocycles. The maximum atomic E-state index is 13.4. The van der Waals surface area contributed by atoms with Crippen molar-refractivity contribution < 1.29 is 38.1 Å². The number of hydrogen-bond donors (Lipinski definition) is 0. The Labute approximate surface area is 347 Å². The first-order valence-corrected chi connectivity index (χ1v) is 17.8. The standard InChI is InChI=1S/C19H21Cl3N4O5.C15H14Cl3N3O3/c1-19(2,3)31-18(28)26(17(27)25(4)13-8-12(20)23-9-24-13)16-14(21)10(29-5)7-11(30-6)15(16)22;1-21(12-6-11(16)19-7-20-12)13(22)4-8-14(17)9(23-2)5-10(24-3)15(8)18/h7-9H,1-6H3;5-7H,4H2,1-3H3. The van der Waals surface area contributed by atoms with Crippen molar-refractivity contribution in [3.63, 3.8) is 0 Å². The van der Waals surface area contributed by atoms with E-state index in [4.69, 9.17) is 93.3 Å². The van der Waals surface area contributed by atoms with E-state index in [0.29, 0.717) is 27.8 Å². The zero-order valence-corrected chi connectivity index (χ0v) is 35.4. The second-order valence-corrected chi connectivity index (χ2v) is 14.1. The summed E-state index contributed by atoms with van der Waals surface area (Å²) in [5, 5.41) is 0.658. The monoisotopic (exact) mass is 879 g/mol. The number of amides is 4. The number of urea groups is 1. The third kappa shape index (κ3) is 11.2. The van der Waals surface area contributed by atoms with E-state index >= 15 is 0 Å². The van der Waals surface area contributed by atoms with Gasteiger partial charge in [0.1, 0.15) is 78.9 Å². The van der Waals surface area contributed by atoms with Gasteiger partial charge in [0.25, 0.3) is 0 Å². The van der Waals surface area contributed by atoms with Crippen LogP contribution < -0.4 is 33.6 Å². The summed E-state index contributed by atoms with van der Waals surface area (Å²) in [4.78, 5) is 57.7. The van der Waals surface area contributed by atoms with E-state index in [1.807, 2.05) is 0 Å². The molecule has 4 amide bonds. The summed E-state index contributed by atoms with van der Waals surface area (Å²) < 4.78 is 26.3. The number of imide groups is 1. The van der Waals surface area contributed by atoms with E-state index in [-0.39, 0.29) is 65.7 Å². The third-order valence-corrected chi connectivity index (χ3v) is 9.09. The normalized spacial score (nSPS) is 10.7. The van der Waals surface area contributed by atoms with Crippen LogP contribution in [0, 0.1) is 0 Å². The van der Waals surface area contributed by atoms with Gasteiger partial charge in [0.2, 0.25) is 5.91 Å². The number of methoxy groups -OCH3 is 4. The zero-order chi connectivity index (χ0) is 41.4. The summed E-state index contributed by atoms with van der Waals surface area (Å²) in [5.41, 5.74) is -0.689. The first-order valence-electron chi connectivity index (χ1n) is 15.5. The molecule has 296 valence electrons. The van der Waals surface area contributed by atoms with Gasteiger partial charge >= 0.3 is 12.1 Å². The van der Waals surface area contributed by atoms with Crippen LogP contribution in [-0.4, -0.2) is 86.1 Å². The van der Waals surface area contributed by atoms with Crippen molar-refractivity contribution in [2.75, 3.05) is 57.2 Å². The molecule has 0 N–H and O–H groups in total. The highest BCUT2D eigenvalue weighted by atomic mass is 35.5. The van der Waals surface area contributed by atoms with Gasteiger partial charge in [-0.25, -0.2) is 29.5 Å². The van der Waals surface area contributed by atoms with E-state index in [0.717, 1.165) is 4.90 Å². The van der Waals surface area contributed by atoms with Gasteiger partial charge in [0.15, 0.2) is 0 Å². The van der Waals surface area contributed by atoms with Crippen LogP contribution in [0.1, 0.15) is 26.3 Å². The first kappa shape index (κ1) is 45.1. The SMILES string of the molecule is COc1cc(OC)c(Cl)c(CC(=O)N(C)c2cc(Cl)ncn2)c1Cl.COc1cc(OC)c(Cl)c(N(C(=O)OC(C)(C)C)C(=O)N(C)c2cc(Cl)ncn2)c1Cl. The van der Waals surface area contributed by atoms with E-state index < -0.39 is 17.7 Å². The van der Waals surface area contributed by atoms with Gasteiger partial charge in [-0.15, -0.1) is 0 Å². The lowest BCUT2D eigenvalue weighted by Gasteiger charge is -2.30. The van der Waals surface area contributed by atoms with Crippen molar-refractivity contribution in [2.45, 2.75) is 32.8 Å². The van der Waals surface area contributed by atoms with Gasteiger partial charge in [0, 0.05) is 43.9 Å². The molecular weight excluding hydrogens is 847 g/mol. The van der Waals surface area contributed by atoms with E-state index in [1.165, 1.54) is 71.2 Å². The van der Waals surface area contributed by atoms with Gasteiger partial charge in [-0.1, -0.05) is 69.6 Å². The molecule has 0 aliphatic carbocycles. The predicted molar refractivity (Wildman–Crippen MR) is 213 cm³/mol. The van der Waals surface area contributed by atoms with Crippen LogP contribution in [0.2, 0.25) is 30.4 Å². The number of likely N-dealkylation sites (N-methyl/N-ethyl adjacent to an activating group) is 1. The zero-order valence-electron chi connectivity index (χ0n) is 30.8. The fourth-order valence-corrected chi connectivity index (χ4v) is 5.98. The Kier molecular flexibility index (Phi) is 16.1. The Morgan fingerprint density at radius 3 is 1.40 bits per heavy atom. The molecule has 21 heteroatoms. The van der Waals surface area contributed by atoms with Crippen LogP contribution in [0.3, 0.4) is 0 Å². The quantitative estimate of drug-likeness (QED) is 0.147. The number of ether oxygens (including phenoxy) is 5. The van der Waals surface area contributed by atoms with Crippen molar-refractivity contribution in [1.29, 1.82) is 0 Å². The van der Waals surface area contributed by atoms with Crippen LogP contribution in [0.15, 0.2) is 36.9 Å². The van der Waals surface area contributed by atoms with Gasteiger partial charge in [-0.2, -0.15) is 4.90 Å². The Balaban J connectivity index is 0.000000305. The maximum absolute atomic E-state index is 13.4. The number of carbonyl (C=O) groups excluding carboxylic acids is 3. The van der Waals surface area contributed by atoms with Gasteiger partial charge in [-0.3, -0.25) is 14.6 Å². The van der Waals surface area contributed by atoms with Crippen LogP contribution in [0.5, 0.6) is 23.0 Å². The number of carbonyl (C=O) groups is 3. The fourth-order valence-electron chi connectivity index (χ4n) is 4.39. The van der Waals surface area contributed by atoms with Gasteiger partial charge < -0.3 is 23.7 Å². The molecule has 0 spiro atoms. The summed E-state index contributed by atoms with van der Waals surface area (Å²) in [6.45, 7) is 4.95. The summed E-state index contributed by atoms with van der Waals surface area (Å²) in [5.74, 6) is 1.20. The summed E-state index contributed by atoms with van der Waals surface area (Å²) in [6, 6.07) is 4.95. The van der Waals surface area contributed by atoms with Crippen molar-refractivity contribution in [2.24, 2.45) is 0 Å². The van der Waals surface area contributed by atoms with E-state index in [9.17, 15) is 14.4 Å². The smallest absolute Gasteiger partial charge is 0.423 e. The Bertz CT molecular complexity index is 2000. The van der Waals surface area contributed by atoms with Crippen molar-refractivity contribution in [1.82, 2.24) is 19.9 Å². The Morgan fingerprint density at radius 2 is 1.02 bits per heavy atom. The minimum Gasteiger partial charge on any atom is -0.495 e. The molecule has 0 bridgehead atoms. The minimum absolute atomic E-state index is 0.0661. The first-order chi connectivity index (χ1) is 25.8. The molecule has 0 saturated heterocycles. The highest BCUT2D eigenvalue weighted by molar-refractivity contribution is 6.43. The van der Waals surface area contributed by atoms with Crippen LogP contribution in [0.4, 0.5) is 26.9 Å². The van der Waals surface area contributed by atoms with Crippen LogP contribution >= 0.6 is 69.6 Å². The van der Waals surface area contributed by atoms with E-state index in [1.54, 1.807) is 33.9 Å². The molecule has 0 unspecified atom stereocenters. The van der Waals surface area contributed by atoms with E-state index in [2.05, 4.69) is 19.9 Å². The average Bonchev–Trinajstić information content (AvgIpc) is 3.13. The number of nitrogens with zero attached hydrogens (tertiary/aromatic N) is 7. The minimum atomic E-state index is -1.02. The predicted octanol–water partition coefficient (Wildman–Crippen LogP) is 9.11. The molecule has 2 heterocycles. The molecule has 0 atom stereocenters. The lowest BCUT2D eigenvalue weighted by Crippen LogP contribution is -2.47. The summed E-state index contributed by atoms with van der Waals surface area (Å²) in [7, 11) is 8.63. The fraction of sp³-hybridized carbons (Fsp3) is 0.324. The van der Waals surface area contributed by atoms with Crippen LogP contribution in [0.25, 0.3) is 0 Å². The maximum Gasteiger partial charge on any atom is 0.423 e. The molecular formula is C34H35Cl6N7O8. The molecule has 55 heavy (non-hydrogen) atoms. The lowest BCUT2D eigenvalue weighted by atomic mass is 10.1. The molecule has 0 radical (unpaired) electrons. The highest BCUT2D eigenvalue weighted by Gasteiger charge is 2.37. The largest absolute Gasteiger partial charge is 0.495 e. The molecule has 4 aromatic rings. The van der Waals surface area contributed by atoms with Gasteiger partial charge in [0.05, 0.1) is 44.9 Å². The molecule has 0 aliphatic rings. The molecule has 4 rings (SSSR count). The van der Waals surface area contributed by atoms with Crippen molar-refractivity contribution >= 4 is 105 Å². The topological polar surface area (TPSA) is 159 Å². The number of aromatic nitrogens is 4. The lowest BCUT2D eigenvalue weighted by molar-refractivity contribution is -0.117. The molecule has 0 aliphatic heterocycles. The van der Waals surface area contributed by atoms with Crippen LogP contribution in [-0.2, 0) is 16.0 Å².